The second-order valence-electron chi connectivity index (χ2n) is 6.24. The Bertz CT molecular complexity index is 744. The highest BCUT2D eigenvalue weighted by molar-refractivity contribution is 5.94. The van der Waals surface area contributed by atoms with Crippen LogP contribution >= 0.6 is 0 Å². The van der Waals surface area contributed by atoms with Gasteiger partial charge in [0.15, 0.2) is 0 Å². The molecule has 2 aromatic rings. The summed E-state index contributed by atoms with van der Waals surface area (Å²) in [6.07, 6.45) is 3.27. The Labute approximate surface area is 147 Å². The quantitative estimate of drug-likeness (QED) is 0.845. The van der Waals surface area contributed by atoms with Crippen LogP contribution in [0.15, 0.2) is 12.3 Å². The lowest BCUT2D eigenvalue weighted by atomic mass is 10.1. The molecule has 3 heterocycles. The fourth-order valence-corrected chi connectivity index (χ4v) is 3.23. The summed E-state index contributed by atoms with van der Waals surface area (Å²) in [5.41, 5.74) is 7.43. The Kier molecular flexibility index (Phi) is 4.87. The maximum absolute atomic E-state index is 11.9. The van der Waals surface area contributed by atoms with Crippen molar-refractivity contribution < 1.29 is 9.53 Å². The summed E-state index contributed by atoms with van der Waals surface area (Å²) in [4.78, 5) is 23.0. The molecule has 0 saturated carbocycles. The summed E-state index contributed by atoms with van der Waals surface area (Å²) < 4.78 is 6.76. The van der Waals surface area contributed by atoms with E-state index in [4.69, 9.17) is 10.5 Å². The Balaban J connectivity index is 1.69. The van der Waals surface area contributed by atoms with Gasteiger partial charge in [-0.15, -0.1) is 0 Å². The minimum absolute atomic E-state index is 0.170. The van der Waals surface area contributed by atoms with Crippen LogP contribution in [-0.4, -0.2) is 45.4 Å². The van der Waals surface area contributed by atoms with Crippen LogP contribution in [0.3, 0.4) is 0 Å². The third kappa shape index (κ3) is 3.57. The number of nitrogens with two attached hydrogens (primary N) is 1. The number of hydrogen-bond acceptors (Lipinski definition) is 7. The summed E-state index contributed by atoms with van der Waals surface area (Å²) in [5, 5.41) is 4.32. The first kappa shape index (κ1) is 17.2. The van der Waals surface area contributed by atoms with Crippen LogP contribution in [0.25, 0.3) is 0 Å². The zero-order valence-electron chi connectivity index (χ0n) is 14.9. The SMILES string of the molecule is CCOC(=O)c1cnn(C2CCN(c3cc(C)nc(C)n3)CC2)c1N. The highest BCUT2D eigenvalue weighted by atomic mass is 16.5. The molecule has 1 aliphatic rings. The lowest BCUT2D eigenvalue weighted by molar-refractivity contribution is 0.0527. The molecule has 0 aromatic carbocycles. The van der Waals surface area contributed by atoms with Crippen molar-refractivity contribution in [1.82, 2.24) is 19.7 Å². The third-order valence-electron chi connectivity index (χ3n) is 4.42. The van der Waals surface area contributed by atoms with Gasteiger partial charge in [-0.2, -0.15) is 5.10 Å². The summed E-state index contributed by atoms with van der Waals surface area (Å²) in [7, 11) is 0. The molecule has 8 heteroatoms. The number of aryl methyl sites for hydroxylation is 2. The van der Waals surface area contributed by atoms with Gasteiger partial charge in [0.05, 0.1) is 18.8 Å². The largest absolute Gasteiger partial charge is 0.462 e. The van der Waals surface area contributed by atoms with Crippen LogP contribution in [0.2, 0.25) is 0 Å². The Morgan fingerprint density at radius 1 is 1.32 bits per heavy atom. The van der Waals surface area contributed by atoms with Crippen LogP contribution in [-0.2, 0) is 4.74 Å². The highest BCUT2D eigenvalue weighted by Crippen LogP contribution is 2.28. The number of carbonyl (C=O) groups excluding carboxylic acids is 1. The van der Waals surface area contributed by atoms with Gasteiger partial charge in [-0.05, 0) is 33.6 Å². The predicted molar refractivity (Wildman–Crippen MR) is 94.6 cm³/mol. The highest BCUT2D eigenvalue weighted by Gasteiger charge is 2.26. The second kappa shape index (κ2) is 7.08. The molecule has 2 aromatic heterocycles. The summed E-state index contributed by atoms with van der Waals surface area (Å²) in [6.45, 7) is 7.69. The normalized spacial score (nSPS) is 15.4. The maximum Gasteiger partial charge on any atom is 0.343 e. The van der Waals surface area contributed by atoms with E-state index in [0.29, 0.717) is 18.0 Å². The van der Waals surface area contributed by atoms with E-state index < -0.39 is 5.97 Å². The molecule has 0 aliphatic carbocycles. The molecule has 8 nitrogen and oxygen atoms in total. The van der Waals surface area contributed by atoms with Crippen molar-refractivity contribution in [2.24, 2.45) is 0 Å². The van der Waals surface area contributed by atoms with Crippen LogP contribution in [0.5, 0.6) is 0 Å². The molecule has 2 N–H and O–H groups in total. The molecule has 0 spiro atoms. The van der Waals surface area contributed by atoms with E-state index in [1.165, 1.54) is 6.20 Å². The average Bonchev–Trinajstić information content (AvgIpc) is 2.96. The van der Waals surface area contributed by atoms with E-state index in [2.05, 4.69) is 20.0 Å². The first-order valence-electron chi connectivity index (χ1n) is 8.57. The first-order valence-corrected chi connectivity index (χ1v) is 8.57. The third-order valence-corrected chi connectivity index (χ3v) is 4.42. The first-order chi connectivity index (χ1) is 12.0. The Morgan fingerprint density at radius 2 is 2.04 bits per heavy atom. The molecular formula is C17H24N6O2. The number of carbonyl (C=O) groups is 1. The van der Waals surface area contributed by atoms with Gasteiger partial charge in [0.1, 0.15) is 23.0 Å². The standard InChI is InChI=1S/C17H24N6O2/c1-4-25-17(24)14-10-19-23(16(14)18)13-5-7-22(8-6-13)15-9-11(2)20-12(3)21-15/h9-10,13H,4-8,18H2,1-3H3. The van der Waals surface area contributed by atoms with Gasteiger partial charge in [-0.1, -0.05) is 0 Å². The fourth-order valence-electron chi connectivity index (χ4n) is 3.23. The zero-order valence-corrected chi connectivity index (χ0v) is 14.9. The molecule has 3 rings (SSSR count). The number of rotatable bonds is 4. The molecule has 0 amide bonds. The minimum atomic E-state index is -0.421. The van der Waals surface area contributed by atoms with E-state index >= 15 is 0 Å². The monoisotopic (exact) mass is 344 g/mol. The average molecular weight is 344 g/mol. The lowest BCUT2D eigenvalue weighted by Crippen LogP contribution is -2.36. The van der Waals surface area contributed by atoms with E-state index in [-0.39, 0.29) is 6.04 Å². The van der Waals surface area contributed by atoms with E-state index in [1.54, 1.807) is 11.6 Å². The van der Waals surface area contributed by atoms with E-state index in [9.17, 15) is 4.79 Å². The second-order valence-corrected chi connectivity index (χ2v) is 6.24. The van der Waals surface area contributed by atoms with Crippen molar-refractivity contribution in [3.05, 3.63) is 29.3 Å². The predicted octanol–water partition coefficient (Wildman–Crippen LogP) is 1.89. The number of piperidine rings is 1. The summed E-state index contributed by atoms with van der Waals surface area (Å²) in [6, 6.07) is 2.18. The zero-order chi connectivity index (χ0) is 18.0. The fraction of sp³-hybridized carbons (Fsp3) is 0.529. The molecule has 0 unspecified atom stereocenters. The molecule has 0 bridgehead atoms. The van der Waals surface area contributed by atoms with Crippen molar-refractivity contribution in [3.8, 4) is 0 Å². The van der Waals surface area contributed by atoms with E-state index in [0.717, 1.165) is 43.3 Å². The number of anilines is 2. The number of hydrogen-bond donors (Lipinski definition) is 1. The van der Waals surface area contributed by atoms with Gasteiger partial charge >= 0.3 is 5.97 Å². The van der Waals surface area contributed by atoms with Crippen LogP contribution < -0.4 is 10.6 Å². The number of esters is 1. The smallest absolute Gasteiger partial charge is 0.343 e. The lowest BCUT2D eigenvalue weighted by Gasteiger charge is -2.33. The number of nitrogen functional groups attached to an aromatic ring is 1. The van der Waals surface area contributed by atoms with Crippen LogP contribution in [0.1, 0.15) is 47.7 Å². The van der Waals surface area contributed by atoms with Gasteiger partial charge < -0.3 is 15.4 Å². The molecule has 0 radical (unpaired) electrons. The molecule has 0 atom stereocenters. The Morgan fingerprint density at radius 3 is 2.68 bits per heavy atom. The minimum Gasteiger partial charge on any atom is -0.462 e. The number of ether oxygens (including phenoxy) is 1. The Hall–Kier alpha value is -2.64. The van der Waals surface area contributed by atoms with Gasteiger partial charge in [0.2, 0.25) is 0 Å². The van der Waals surface area contributed by atoms with Crippen molar-refractivity contribution in [2.45, 2.75) is 39.7 Å². The summed E-state index contributed by atoms with van der Waals surface area (Å²) in [5.74, 6) is 1.71. The van der Waals surface area contributed by atoms with Gasteiger partial charge in [0, 0.05) is 24.8 Å². The van der Waals surface area contributed by atoms with Crippen molar-refractivity contribution in [3.63, 3.8) is 0 Å². The molecule has 1 aliphatic heterocycles. The van der Waals surface area contributed by atoms with E-state index in [1.807, 2.05) is 19.9 Å². The maximum atomic E-state index is 11.9. The molecule has 25 heavy (non-hydrogen) atoms. The van der Waals surface area contributed by atoms with Gasteiger partial charge in [0.25, 0.3) is 0 Å². The van der Waals surface area contributed by atoms with Crippen molar-refractivity contribution in [2.75, 3.05) is 30.3 Å². The van der Waals surface area contributed by atoms with Crippen LogP contribution in [0.4, 0.5) is 11.6 Å². The molecule has 134 valence electrons. The van der Waals surface area contributed by atoms with Crippen molar-refractivity contribution in [1.29, 1.82) is 0 Å². The topological polar surface area (TPSA) is 99.2 Å². The van der Waals surface area contributed by atoms with Crippen LogP contribution in [0, 0.1) is 13.8 Å². The van der Waals surface area contributed by atoms with Gasteiger partial charge in [-0.3, -0.25) is 0 Å². The number of nitrogens with zero attached hydrogens (tertiary/aromatic N) is 5. The molecular weight excluding hydrogens is 320 g/mol. The molecule has 1 saturated heterocycles. The summed E-state index contributed by atoms with van der Waals surface area (Å²) >= 11 is 0. The number of aromatic nitrogens is 4. The van der Waals surface area contributed by atoms with Crippen molar-refractivity contribution >= 4 is 17.6 Å². The van der Waals surface area contributed by atoms with Gasteiger partial charge in [-0.25, -0.2) is 19.4 Å². The molecule has 1 fully saturated rings.